The first-order valence-electron chi connectivity index (χ1n) is 9.56. The van der Waals surface area contributed by atoms with Crippen molar-refractivity contribution in [1.29, 1.82) is 0 Å². The van der Waals surface area contributed by atoms with Crippen molar-refractivity contribution in [3.8, 4) is 0 Å². The van der Waals surface area contributed by atoms with Crippen LogP contribution < -0.4 is 4.90 Å². The number of hydrogen-bond acceptors (Lipinski definition) is 4. The molecule has 0 bridgehead atoms. The van der Waals surface area contributed by atoms with Gasteiger partial charge in [-0.1, -0.05) is 35.9 Å². The van der Waals surface area contributed by atoms with Gasteiger partial charge in [-0.3, -0.25) is 9.69 Å². The number of rotatable bonds is 7. The largest absolute Gasteiger partial charge is 0.337 e. The van der Waals surface area contributed by atoms with Crippen molar-refractivity contribution in [2.45, 2.75) is 26.3 Å². The molecule has 0 aliphatic heterocycles. The summed E-state index contributed by atoms with van der Waals surface area (Å²) in [5.74, 6) is -0.0675. The van der Waals surface area contributed by atoms with E-state index in [0.29, 0.717) is 17.1 Å². The van der Waals surface area contributed by atoms with E-state index in [1.54, 1.807) is 53.0 Å². The van der Waals surface area contributed by atoms with Gasteiger partial charge in [-0.2, -0.15) is 0 Å². The quantitative estimate of drug-likeness (QED) is 0.346. The summed E-state index contributed by atoms with van der Waals surface area (Å²) < 4.78 is 3.11. The minimum atomic E-state index is -0.0675. The summed E-state index contributed by atoms with van der Waals surface area (Å²) in [5, 5.41) is 1.33. The predicted molar refractivity (Wildman–Crippen MR) is 126 cm³/mol. The summed E-state index contributed by atoms with van der Waals surface area (Å²) in [5.41, 5.74) is 2.79. The predicted octanol–water partition coefficient (Wildman–Crippen LogP) is 5.87. The zero-order valence-electron chi connectivity index (χ0n) is 16.5. The Balaban J connectivity index is 0.00000256. The molecular formula is C22H22Cl2N4OS. The first-order chi connectivity index (χ1) is 14.1. The van der Waals surface area contributed by atoms with Crippen molar-refractivity contribution < 1.29 is 4.79 Å². The molecule has 5 nitrogen and oxygen atoms in total. The zero-order chi connectivity index (χ0) is 20.2. The third-order valence-corrected chi connectivity index (χ3v) is 6.07. The molecule has 2 aromatic heterocycles. The minimum Gasteiger partial charge on any atom is -0.337 e. The van der Waals surface area contributed by atoms with Gasteiger partial charge in [-0.15, -0.1) is 12.4 Å². The normalized spacial score (nSPS) is 10.7. The number of carbonyl (C=O) groups is 1. The first kappa shape index (κ1) is 22.3. The van der Waals surface area contributed by atoms with Gasteiger partial charge in [0.25, 0.3) is 5.91 Å². The highest BCUT2D eigenvalue weighted by Gasteiger charge is 2.21. The number of amides is 1. The van der Waals surface area contributed by atoms with Crippen LogP contribution in [0, 0.1) is 0 Å². The topological polar surface area (TPSA) is 51.0 Å². The summed E-state index contributed by atoms with van der Waals surface area (Å²) in [6.07, 6.45) is 7.24. The summed E-state index contributed by atoms with van der Waals surface area (Å²) in [6, 6.07) is 13.3. The smallest absolute Gasteiger partial charge is 0.260 e. The molecule has 1 amide bonds. The van der Waals surface area contributed by atoms with Gasteiger partial charge in [0.15, 0.2) is 5.13 Å². The number of imidazole rings is 1. The average molecular weight is 461 g/mol. The molecule has 0 aliphatic carbocycles. The fourth-order valence-electron chi connectivity index (χ4n) is 3.15. The van der Waals surface area contributed by atoms with E-state index in [1.165, 1.54) is 5.56 Å². The van der Waals surface area contributed by atoms with Crippen LogP contribution in [0.15, 0.2) is 61.2 Å². The van der Waals surface area contributed by atoms with Gasteiger partial charge < -0.3 is 4.57 Å². The number of thiazole rings is 1. The first-order valence-corrected chi connectivity index (χ1v) is 10.8. The molecule has 0 atom stereocenters. The SMILES string of the molecule is CCc1ccc2nc(N(CCCn3ccnc3)C(=O)c3ccc(Cl)cc3)sc2c1.Cl. The number of aromatic nitrogens is 3. The van der Waals surface area contributed by atoms with Crippen molar-refractivity contribution in [1.82, 2.24) is 14.5 Å². The zero-order valence-corrected chi connectivity index (χ0v) is 18.9. The molecule has 4 rings (SSSR count). The Bertz CT molecular complexity index is 1110. The molecule has 0 aliphatic rings. The molecule has 0 radical (unpaired) electrons. The van der Waals surface area contributed by atoms with Gasteiger partial charge in [0.2, 0.25) is 0 Å². The van der Waals surface area contributed by atoms with Gasteiger partial charge in [-0.05, 0) is 54.8 Å². The second-order valence-corrected chi connectivity index (χ2v) is 8.22. The maximum atomic E-state index is 13.3. The number of halogens is 2. The van der Waals surface area contributed by atoms with Crippen molar-refractivity contribution in [3.05, 3.63) is 77.3 Å². The van der Waals surface area contributed by atoms with Crippen LogP contribution in [-0.2, 0) is 13.0 Å². The van der Waals surface area contributed by atoms with E-state index < -0.39 is 0 Å². The molecule has 0 fully saturated rings. The third-order valence-electron chi connectivity index (χ3n) is 4.77. The maximum absolute atomic E-state index is 13.3. The van der Waals surface area contributed by atoms with Crippen molar-refractivity contribution in [2.75, 3.05) is 11.4 Å². The number of carbonyl (C=O) groups excluding carboxylic acids is 1. The van der Waals surface area contributed by atoms with Crippen molar-refractivity contribution in [2.24, 2.45) is 0 Å². The van der Waals surface area contributed by atoms with Crippen LogP contribution in [0.25, 0.3) is 10.2 Å². The monoisotopic (exact) mass is 460 g/mol. The van der Waals surface area contributed by atoms with Gasteiger partial charge in [0.05, 0.1) is 16.5 Å². The third kappa shape index (κ3) is 5.01. The lowest BCUT2D eigenvalue weighted by atomic mass is 10.2. The molecular weight excluding hydrogens is 439 g/mol. The molecule has 0 spiro atoms. The highest BCUT2D eigenvalue weighted by molar-refractivity contribution is 7.22. The second-order valence-electron chi connectivity index (χ2n) is 6.77. The Labute approximate surface area is 190 Å². The van der Waals surface area contributed by atoms with Crippen LogP contribution in [0.2, 0.25) is 5.02 Å². The lowest BCUT2D eigenvalue weighted by Gasteiger charge is -2.20. The van der Waals surface area contributed by atoms with Gasteiger partial charge >= 0.3 is 0 Å². The van der Waals surface area contributed by atoms with Crippen LogP contribution in [0.3, 0.4) is 0 Å². The fourth-order valence-corrected chi connectivity index (χ4v) is 4.33. The lowest BCUT2D eigenvalue weighted by Crippen LogP contribution is -2.32. The number of benzene rings is 2. The Kier molecular flexibility index (Phi) is 7.48. The van der Waals surface area contributed by atoms with Crippen molar-refractivity contribution in [3.63, 3.8) is 0 Å². The number of nitrogens with zero attached hydrogens (tertiary/aromatic N) is 4. The van der Waals surface area contributed by atoms with E-state index in [2.05, 4.69) is 24.0 Å². The number of fused-ring (bicyclic) bond motifs is 1. The van der Waals surface area contributed by atoms with E-state index in [4.69, 9.17) is 16.6 Å². The number of anilines is 1. The van der Waals surface area contributed by atoms with Gasteiger partial charge in [0, 0.05) is 36.1 Å². The maximum Gasteiger partial charge on any atom is 0.260 e. The Morgan fingerprint density at radius 3 is 2.70 bits per heavy atom. The Hall–Kier alpha value is -2.41. The van der Waals surface area contributed by atoms with Crippen LogP contribution in [0.1, 0.15) is 29.3 Å². The Morgan fingerprint density at radius 2 is 2.00 bits per heavy atom. The van der Waals surface area contributed by atoms with Crippen molar-refractivity contribution >= 4 is 56.6 Å². The average Bonchev–Trinajstić information content (AvgIpc) is 3.40. The van der Waals surface area contributed by atoms with Crippen LogP contribution in [-0.4, -0.2) is 27.0 Å². The van der Waals surface area contributed by atoms with E-state index in [-0.39, 0.29) is 18.3 Å². The second kappa shape index (κ2) is 10.1. The number of aryl methyl sites for hydroxylation is 2. The molecule has 2 heterocycles. The van der Waals surface area contributed by atoms with Gasteiger partial charge in [0.1, 0.15) is 0 Å². The lowest BCUT2D eigenvalue weighted by molar-refractivity contribution is 0.0986. The molecule has 4 aromatic rings. The molecule has 30 heavy (non-hydrogen) atoms. The van der Waals surface area contributed by atoms with E-state index in [1.807, 2.05) is 16.8 Å². The Morgan fingerprint density at radius 1 is 1.20 bits per heavy atom. The summed E-state index contributed by atoms with van der Waals surface area (Å²) in [6.45, 7) is 3.49. The summed E-state index contributed by atoms with van der Waals surface area (Å²) in [7, 11) is 0. The standard InChI is InChI=1S/C22H21ClN4OS.ClH/c1-2-16-4-9-19-20(14-16)29-22(25-19)27(12-3-11-26-13-10-24-15-26)21(28)17-5-7-18(23)8-6-17;/h4-10,13-15H,2-3,11-12H2,1H3;1H. The van der Waals surface area contributed by atoms with Gasteiger partial charge in [-0.25, -0.2) is 9.97 Å². The fraction of sp³-hybridized carbons (Fsp3) is 0.227. The molecule has 0 saturated heterocycles. The van der Waals surface area contributed by atoms with E-state index in [9.17, 15) is 4.79 Å². The molecule has 2 aromatic carbocycles. The highest BCUT2D eigenvalue weighted by atomic mass is 35.5. The van der Waals surface area contributed by atoms with Crippen LogP contribution in [0.4, 0.5) is 5.13 Å². The molecule has 0 unspecified atom stereocenters. The minimum absolute atomic E-state index is 0. The highest BCUT2D eigenvalue weighted by Crippen LogP contribution is 2.31. The van der Waals surface area contributed by atoms with E-state index >= 15 is 0 Å². The summed E-state index contributed by atoms with van der Waals surface area (Å²) in [4.78, 5) is 23.9. The number of hydrogen-bond donors (Lipinski definition) is 0. The molecule has 0 saturated carbocycles. The molecule has 8 heteroatoms. The van der Waals surface area contributed by atoms with E-state index in [0.717, 1.165) is 34.7 Å². The van der Waals surface area contributed by atoms with Crippen LogP contribution >= 0.6 is 35.3 Å². The molecule has 0 N–H and O–H groups in total. The van der Waals surface area contributed by atoms with Crippen LogP contribution in [0.5, 0.6) is 0 Å². The molecule has 156 valence electrons. The summed E-state index contributed by atoms with van der Waals surface area (Å²) >= 11 is 7.55.